The Morgan fingerprint density at radius 2 is 1.58 bits per heavy atom. The minimum Gasteiger partial charge on any atom is -0.395 e. The normalized spacial score (nSPS) is 11.0. The summed E-state index contributed by atoms with van der Waals surface area (Å²) in [6, 6.07) is 0. The fourth-order valence-electron chi connectivity index (χ4n) is 1.04. The van der Waals surface area contributed by atoms with Gasteiger partial charge in [-0.25, -0.2) is 0 Å². The molecule has 0 saturated carbocycles. The van der Waals surface area contributed by atoms with Gasteiger partial charge >= 0.3 is 0 Å². The van der Waals surface area contributed by atoms with E-state index in [2.05, 4.69) is 17.6 Å². The lowest BCUT2D eigenvalue weighted by molar-refractivity contribution is 0.254. The molecular formula is C8H20N2O2. The van der Waals surface area contributed by atoms with Gasteiger partial charge in [-0.05, 0) is 6.42 Å². The molecule has 4 nitrogen and oxygen atoms in total. The van der Waals surface area contributed by atoms with Crippen LogP contribution >= 0.6 is 0 Å². The SMILES string of the molecule is CCCC(NCCO)NCCO. The first kappa shape index (κ1) is 11.8. The molecule has 0 aliphatic heterocycles. The highest BCUT2D eigenvalue weighted by molar-refractivity contribution is 4.62. The monoisotopic (exact) mass is 176 g/mol. The second-order valence-corrected chi connectivity index (χ2v) is 2.70. The first-order valence-corrected chi connectivity index (χ1v) is 4.53. The molecule has 0 aromatic rings. The van der Waals surface area contributed by atoms with Crippen molar-refractivity contribution < 1.29 is 10.2 Å². The van der Waals surface area contributed by atoms with Gasteiger partial charge in [0, 0.05) is 13.1 Å². The van der Waals surface area contributed by atoms with Crippen molar-refractivity contribution in [3.05, 3.63) is 0 Å². The van der Waals surface area contributed by atoms with Gasteiger partial charge in [-0.3, -0.25) is 10.6 Å². The van der Waals surface area contributed by atoms with E-state index in [1.165, 1.54) is 0 Å². The summed E-state index contributed by atoms with van der Waals surface area (Å²) in [6.45, 7) is 3.61. The molecule has 0 aliphatic rings. The second kappa shape index (κ2) is 8.93. The Kier molecular flexibility index (Phi) is 8.81. The predicted octanol–water partition coefficient (Wildman–Crippen LogP) is -0.724. The van der Waals surface area contributed by atoms with Gasteiger partial charge in [0.05, 0.1) is 19.4 Å². The fourth-order valence-corrected chi connectivity index (χ4v) is 1.04. The van der Waals surface area contributed by atoms with Crippen LogP contribution in [0.2, 0.25) is 0 Å². The summed E-state index contributed by atoms with van der Waals surface area (Å²) in [4.78, 5) is 0. The third-order valence-corrected chi connectivity index (χ3v) is 1.58. The Balaban J connectivity index is 3.40. The number of rotatable bonds is 8. The molecule has 4 heteroatoms. The van der Waals surface area contributed by atoms with Gasteiger partial charge in [-0.2, -0.15) is 0 Å². The van der Waals surface area contributed by atoms with Crippen molar-refractivity contribution >= 4 is 0 Å². The van der Waals surface area contributed by atoms with Crippen molar-refractivity contribution in [1.29, 1.82) is 0 Å². The number of hydrogen-bond donors (Lipinski definition) is 4. The Labute approximate surface area is 74.0 Å². The summed E-state index contributed by atoms with van der Waals surface area (Å²) in [5.41, 5.74) is 0. The molecule has 0 fully saturated rings. The zero-order valence-electron chi connectivity index (χ0n) is 7.71. The minimum absolute atomic E-state index is 0.154. The largest absolute Gasteiger partial charge is 0.395 e. The van der Waals surface area contributed by atoms with Crippen molar-refractivity contribution in [2.45, 2.75) is 25.9 Å². The molecule has 0 radical (unpaired) electrons. The van der Waals surface area contributed by atoms with Crippen LogP contribution in [0.25, 0.3) is 0 Å². The van der Waals surface area contributed by atoms with Gasteiger partial charge in [0.25, 0.3) is 0 Å². The zero-order valence-corrected chi connectivity index (χ0v) is 7.71. The summed E-state index contributed by atoms with van der Waals surface area (Å²) >= 11 is 0. The maximum atomic E-state index is 8.57. The zero-order chi connectivity index (χ0) is 9.23. The molecule has 0 unspecified atom stereocenters. The maximum absolute atomic E-state index is 8.57. The van der Waals surface area contributed by atoms with Gasteiger partial charge < -0.3 is 10.2 Å². The quantitative estimate of drug-likeness (QED) is 0.368. The Morgan fingerprint density at radius 1 is 1.08 bits per heavy atom. The van der Waals surface area contributed by atoms with Crippen molar-refractivity contribution in [3.8, 4) is 0 Å². The van der Waals surface area contributed by atoms with Crippen LogP contribution < -0.4 is 10.6 Å². The molecule has 0 spiro atoms. The van der Waals surface area contributed by atoms with Gasteiger partial charge in [-0.1, -0.05) is 13.3 Å². The lowest BCUT2D eigenvalue weighted by Gasteiger charge is -2.18. The number of aliphatic hydroxyl groups excluding tert-OH is 2. The predicted molar refractivity (Wildman–Crippen MR) is 48.9 cm³/mol. The molecule has 74 valence electrons. The van der Waals surface area contributed by atoms with Crippen LogP contribution in [0.3, 0.4) is 0 Å². The second-order valence-electron chi connectivity index (χ2n) is 2.70. The van der Waals surface area contributed by atoms with Gasteiger partial charge in [0.15, 0.2) is 0 Å². The highest BCUT2D eigenvalue weighted by Crippen LogP contribution is 1.91. The lowest BCUT2D eigenvalue weighted by atomic mass is 10.2. The minimum atomic E-state index is 0.154. The van der Waals surface area contributed by atoms with Gasteiger partial charge in [0.1, 0.15) is 0 Å². The fraction of sp³-hybridized carbons (Fsp3) is 1.00. The molecule has 0 atom stereocenters. The Bertz CT molecular complexity index is 83.1. The standard InChI is InChI=1S/C8H20N2O2/c1-2-3-8(9-4-6-11)10-5-7-12/h8-12H,2-7H2,1H3. The molecule has 0 bridgehead atoms. The molecule has 0 aromatic carbocycles. The molecule has 0 amide bonds. The van der Waals surface area contributed by atoms with Crippen LogP contribution in [0, 0.1) is 0 Å². The molecule has 0 aromatic heterocycles. The van der Waals surface area contributed by atoms with E-state index in [4.69, 9.17) is 10.2 Å². The van der Waals surface area contributed by atoms with Crippen LogP contribution in [0.15, 0.2) is 0 Å². The summed E-state index contributed by atoms with van der Waals surface area (Å²) in [7, 11) is 0. The smallest absolute Gasteiger partial charge is 0.0573 e. The number of nitrogens with one attached hydrogen (secondary N) is 2. The van der Waals surface area contributed by atoms with E-state index in [1.54, 1.807) is 0 Å². The highest BCUT2D eigenvalue weighted by atomic mass is 16.3. The van der Waals surface area contributed by atoms with E-state index >= 15 is 0 Å². The van der Waals surface area contributed by atoms with Gasteiger partial charge in [0.2, 0.25) is 0 Å². The van der Waals surface area contributed by atoms with Crippen molar-refractivity contribution in [2.24, 2.45) is 0 Å². The molecule has 0 heterocycles. The van der Waals surface area contributed by atoms with Crippen LogP contribution in [-0.4, -0.2) is 42.7 Å². The maximum Gasteiger partial charge on any atom is 0.0573 e. The molecule has 0 rings (SSSR count). The van der Waals surface area contributed by atoms with Crippen LogP contribution in [-0.2, 0) is 0 Å². The average Bonchev–Trinajstić information content (AvgIpc) is 2.10. The lowest BCUT2D eigenvalue weighted by Crippen LogP contribution is -2.44. The topological polar surface area (TPSA) is 64.5 Å². The molecule has 0 aliphatic carbocycles. The van der Waals surface area contributed by atoms with E-state index in [1.807, 2.05) is 0 Å². The third-order valence-electron chi connectivity index (χ3n) is 1.58. The summed E-state index contributed by atoms with van der Waals surface area (Å²) < 4.78 is 0. The summed E-state index contributed by atoms with van der Waals surface area (Å²) in [5, 5.41) is 23.4. The molecular weight excluding hydrogens is 156 g/mol. The highest BCUT2D eigenvalue weighted by Gasteiger charge is 2.03. The Hall–Kier alpha value is -0.160. The number of aliphatic hydroxyl groups is 2. The molecule has 4 N–H and O–H groups in total. The van der Waals surface area contributed by atoms with Crippen LogP contribution in [0.1, 0.15) is 19.8 Å². The Morgan fingerprint density at radius 3 is 1.92 bits per heavy atom. The van der Waals surface area contributed by atoms with Crippen LogP contribution in [0.5, 0.6) is 0 Å². The van der Waals surface area contributed by atoms with Crippen molar-refractivity contribution in [3.63, 3.8) is 0 Å². The number of hydrogen-bond acceptors (Lipinski definition) is 4. The molecule has 12 heavy (non-hydrogen) atoms. The van der Waals surface area contributed by atoms with E-state index in [9.17, 15) is 0 Å². The first-order valence-electron chi connectivity index (χ1n) is 4.53. The van der Waals surface area contributed by atoms with Crippen molar-refractivity contribution in [2.75, 3.05) is 26.3 Å². The third kappa shape index (κ3) is 6.54. The van der Waals surface area contributed by atoms with Gasteiger partial charge in [-0.15, -0.1) is 0 Å². The average molecular weight is 176 g/mol. The summed E-state index contributed by atoms with van der Waals surface area (Å²) in [6.07, 6.45) is 2.32. The summed E-state index contributed by atoms with van der Waals surface area (Å²) in [5.74, 6) is 0. The van der Waals surface area contributed by atoms with Crippen molar-refractivity contribution in [1.82, 2.24) is 10.6 Å². The van der Waals surface area contributed by atoms with E-state index < -0.39 is 0 Å². The molecule has 0 saturated heterocycles. The van der Waals surface area contributed by atoms with E-state index in [-0.39, 0.29) is 19.4 Å². The van der Waals surface area contributed by atoms with Crippen LogP contribution in [0.4, 0.5) is 0 Å². The van der Waals surface area contributed by atoms with E-state index in [0.717, 1.165) is 12.8 Å². The first-order chi connectivity index (χ1) is 5.85. The van der Waals surface area contributed by atoms with E-state index in [0.29, 0.717) is 13.1 Å².